The highest BCUT2D eigenvalue weighted by molar-refractivity contribution is 7.91. The topological polar surface area (TPSA) is 118 Å². The lowest BCUT2D eigenvalue weighted by molar-refractivity contribution is -0.139. The average Bonchev–Trinajstić information content (AvgIpc) is 2.46. The second-order valence-corrected chi connectivity index (χ2v) is 9.76. The van der Waals surface area contributed by atoms with E-state index in [0.29, 0.717) is 6.42 Å². The van der Waals surface area contributed by atoms with Gasteiger partial charge >= 0.3 is 5.97 Å². The van der Waals surface area contributed by atoms with Crippen molar-refractivity contribution < 1.29 is 26.7 Å². The summed E-state index contributed by atoms with van der Waals surface area (Å²) in [4.78, 5) is 11.1. The summed E-state index contributed by atoms with van der Waals surface area (Å²) in [6, 6.07) is 3.53. The molecular weight excluding hydrogens is 354 g/mol. The first-order valence-corrected chi connectivity index (χ1v) is 10.7. The van der Waals surface area contributed by atoms with Crippen LogP contribution in [0.4, 0.5) is 0 Å². The van der Waals surface area contributed by atoms with Crippen molar-refractivity contribution in [2.75, 3.05) is 5.75 Å². The van der Waals surface area contributed by atoms with Crippen LogP contribution in [0.5, 0.6) is 0 Å². The van der Waals surface area contributed by atoms with Crippen LogP contribution >= 0.6 is 0 Å². The predicted molar refractivity (Wildman–Crippen MR) is 90.0 cm³/mol. The molecule has 1 aromatic rings. The number of rotatable bonds is 9. The van der Waals surface area contributed by atoms with E-state index >= 15 is 0 Å². The SMILES string of the molecule is CCCS(=O)(=O)c1ccc(S(=O)(=O)N[C@H](CC(C)C)C(=O)O)cc1. The van der Waals surface area contributed by atoms with E-state index in [4.69, 9.17) is 5.11 Å². The van der Waals surface area contributed by atoms with Crippen LogP contribution in [0.3, 0.4) is 0 Å². The Bertz CT molecular complexity index is 767. The Morgan fingerprint density at radius 2 is 1.58 bits per heavy atom. The second-order valence-electron chi connectivity index (χ2n) is 5.93. The van der Waals surface area contributed by atoms with Gasteiger partial charge in [0.15, 0.2) is 9.84 Å². The van der Waals surface area contributed by atoms with Gasteiger partial charge in [0.1, 0.15) is 6.04 Å². The van der Waals surface area contributed by atoms with Crippen molar-refractivity contribution in [1.82, 2.24) is 4.72 Å². The fraction of sp³-hybridized carbons (Fsp3) is 0.533. The van der Waals surface area contributed by atoms with Gasteiger partial charge in [0.2, 0.25) is 10.0 Å². The first-order valence-electron chi connectivity index (χ1n) is 7.57. The number of sulfonamides is 1. The van der Waals surface area contributed by atoms with Crippen LogP contribution in [-0.4, -0.2) is 39.7 Å². The smallest absolute Gasteiger partial charge is 0.321 e. The zero-order valence-corrected chi connectivity index (χ0v) is 15.5. The van der Waals surface area contributed by atoms with E-state index < -0.39 is 31.9 Å². The largest absolute Gasteiger partial charge is 0.480 e. The van der Waals surface area contributed by atoms with Crippen molar-refractivity contribution in [2.24, 2.45) is 5.92 Å². The summed E-state index contributed by atoms with van der Waals surface area (Å²) in [5.41, 5.74) is 0. The number of hydrogen-bond donors (Lipinski definition) is 2. The molecule has 0 bridgehead atoms. The van der Waals surface area contributed by atoms with Gasteiger partial charge in [-0.15, -0.1) is 0 Å². The van der Waals surface area contributed by atoms with E-state index in [-0.39, 0.29) is 27.9 Å². The van der Waals surface area contributed by atoms with E-state index in [9.17, 15) is 21.6 Å². The van der Waals surface area contributed by atoms with E-state index in [2.05, 4.69) is 4.72 Å². The fourth-order valence-electron chi connectivity index (χ4n) is 2.14. The lowest BCUT2D eigenvalue weighted by atomic mass is 10.1. The summed E-state index contributed by atoms with van der Waals surface area (Å²) >= 11 is 0. The van der Waals surface area contributed by atoms with Crippen molar-refractivity contribution in [2.45, 2.75) is 49.4 Å². The van der Waals surface area contributed by atoms with Gasteiger partial charge in [-0.2, -0.15) is 4.72 Å². The Balaban J connectivity index is 3.05. The van der Waals surface area contributed by atoms with Gasteiger partial charge in [-0.25, -0.2) is 16.8 Å². The summed E-state index contributed by atoms with van der Waals surface area (Å²) in [5, 5.41) is 9.14. The Hall–Kier alpha value is -1.45. The zero-order chi connectivity index (χ0) is 18.5. The van der Waals surface area contributed by atoms with Crippen molar-refractivity contribution in [3.05, 3.63) is 24.3 Å². The lowest BCUT2D eigenvalue weighted by Crippen LogP contribution is -2.41. The number of sulfone groups is 1. The Morgan fingerprint density at radius 3 is 2.00 bits per heavy atom. The molecule has 2 N–H and O–H groups in total. The molecule has 24 heavy (non-hydrogen) atoms. The Labute approximate surface area is 143 Å². The quantitative estimate of drug-likeness (QED) is 0.675. The molecule has 0 amide bonds. The molecule has 1 atom stereocenters. The van der Waals surface area contributed by atoms with E-state index in [0.717, 1.165) is 0 Å². The molecule has 9 heteroatoms. The molecule has 0 heterocycles. The van der Waals surface area contributed by atoms with Crippen molar-refractivity contribution in [3.8, 4) is 0 Å². The minimum Gasteiger partial charge on any atom is -0.480 e. The van der Waals surface area contributed by atoms with Crippen LogP contribution in [0.15, 0.2) is 34.1 Å². The third kappa shape index (κ3) is 5.57. The van der Waals surface area contributed by atoms with Crippen LogP contribution in [0, 0.1) is 5.92 Å². The molecule has 0 aliphatic carbocycles. The molecular formula is C15H23NO6S2. The standard InChI is InChI=1S/C15H23NO6S2/c1-4-9-23(19,20)12-5-7-13(8-6-12)24(21,22)16-14(15(17)18)10-11(2)3/h5-8,11,14,16H,4,9-10H2,1-3H3,(H,17,18)/t14-/m1/s1. The molecule has 0 aliphatic rings. The third-order valence-corrected chi connectivity index (χ3v) is 6.69. The lowest BCUT2D eigenvalue weighted by Gasteiger charge is -2.16. The molecule has 7 nitrogen and oxygen atoms in total. The fourth-order valence-corrected chi connectivity index (χ4v) is 4.66. The van der Waals surface area contributed by atoms with Crippen LogP contribution in [-0.2, 0) is 24.7 Å². The predicted octanol–water partition coefficient (Wildman–Crippen LogP) is 1.65. The van der Waals surface area contributed by atoms with E-state index in [1.54, 1.807) is 20.8 Å². The van der Waals surface area contributed by atoms with Crippen molar-refractivity contribution in [3.63, 3.8) is 0 Å². The number of hydrogen-bond acceptors (Lipinski definition) is 5. The Morgan fingerprint density at radius 1 is 1.08 bits per heavy atom. The maximum absolute atomic E-state index is 12.3. The molecule has 0 spiro atoms. The van der Waals surface area contributed by atoms with E-state index in [1.165, 1.54) is 24.3 Å². The summed E-state index contributed by atoms with van der Waals surface area (Å²) in [5.74, 6) is -1.28. The zero-order valence-electron chi connectivity index (χ0n) is 13.9. The molecule has 0 aromatic heterocycles. The summed E-state index contributed by atoms with van der Waals surface area (Å²) in [6.07, 6.45) is 0.608. The number of aliphatic carboxylic acids is 1. The monoisotopic (exact) mass is 377 g/mol. The van der Waals surface area contributed by atoms with Crippen molar-refractivity contribution in [1.29, 1.82) is 0 Å². The Kier molecular flexibility index (Phi) is 6.94. The van der Waals surface area contributed by atoms with Crippen LogP contribution in [0.2, 0.25) is 0 Å². The normalized spacial score (nSPS) is 13.8. The highest BCUT2D eigenvalue weighted by Crippen LogP contribution is 2.17. The summed E-state index contributed by atoms with van der Waals surface area (Å²) in [6.45, 7) is 5.32. The number of carbonyl (C=O) groups is 1. The second kappa shape index (κ2) is 8.09. The number of carboxylic acid groups (broad SMARTS) is 1. The third-order valence-electron chi connectivity index (χ3n) is 3.27. The average molecular weight is 377 g/mol. The van der Waals surface area contributed by atoms with Gasteiger partial charge < -0.3 is 5.11 Å². The van der Waals surface area contributed by atoms with Crippen LogP contribution in [0.25, 0.3) is 0 Å². The molecule has 0 saturated heterocycles. The number of nitrogens with one attached hydrogen (secondary N) is 1. The van der Waals surface area contributed by atoms with Gasteiger partial charge in [0.05, 0.1) is 15.5 Å². The molecule has 1 aromatic carbocycles. The van der Waals surface area contributed by atoms with Crippen LogP contribution in [0.1, 0.15) is 33.6 Å². The number of benzene rings is 1. The first-order chi connectivity index (χ1) is 11.0. The van der Waals surface area contributed by atoms with Crippen molar-refractivity contribution >= 4 is 25.8 Å². The maximum atomic E-state index is 12.3. The highest BCUT2D eigenvalue weighted by Gasteiger charge is 2.26. The molecule has 0 saturated carbocycles. The van der Waals surface area contributed by atoms with Crippen LogP contribution < -0.4 is 4.72 Å². The molecule has 0 unspecified atom stereocenters. The summed E-state index contributed by atoms with van der Waals surface area (Å²) in [7, 11) is -7.48. The molecule has 136 valence electrons. The molecule has 0 fully saturated rings. The van der Waals surface area contributed by atoms with E-state index in [1.807, 2.05) is 0 Å². The van der Waals surface area contributed by atoms with Gasteiger partial charge in [0, 0.05) is 0 Å². The minimum absolute atomic E-state index is 0.00429. The van der Waals surface area contributed by atoms with Gasteiger partial charge in [-0.3, -0.25) is 4.79 Å². The molecule has 1 rings (SSSR count). The summed E-state index contributed by atoms with van der Waals surface area (Å²) < 4.78 is 50.6. The molecule has 0 aliphatic heterocycles. The minimum atomic E-state index is -4.05. The molecule has 0 radical (unpaired) electrons. The number of carboxylic acids is 1. The highest BCUT2D eigenvalue weighted by atomic mass is 32.2. The van der Waals surface area contributed by atoms with Gasteiger partial charge in [0.25, 0.3) is 0 Å². The maximum Gasteiger partial charge on any atom is 0.321 e. The van der Waals surface area contributed by atoms with Gasteiger partial charge in [-0.1, -0.05) is 20.8 Å². The van der Waals surface area contributed by atoms with Gasteiger partial charge in [-0.05, 0) is 43.0 Å². The first kappa shape index (κ1) is 20.6.